The Kier molecular flexibility index (Phi) is 6.45. The minimum atomic E-state index is 0. The van der Waals surface area contributed by atoms with Gasteiger partial charge in [0.25, 0.3) is 0 Å². The summed E-state index contributed by atoms with van der Waals surface area (Å²) < 4.78 is 3.99. The van der Waals surface area contributed by atoms with Gasteiger partial charge < -0.3 is 4.57 Å². The zero-order valence-electron chi connectivity index (χ0n) is 16.6. The smallest absolute Gasteiger partial charge is 0.0493 e. The molecule has 0 saturated carbocycles. The molecule has 0 saturated heterocycles. The van der Waals surface area contributed by atoms with Gasteiger partial charge in [0.15, 0.2) is 0 Å². The summed E-state index contributed by atoms with van der Waals surface area (Å²) in [5.41, 5.74) is 4.32. The molecule has 6 aromatic rings. The molecule has 0 aliphatic carbocycles. The normalized spacial score (nSPS) is 10.3. The second-order valence-corrected chi connectivity index (χ2v) is 6.73. The summed E-state index contributed by atoms with van der Waals surface area (Å²) in [4.78, 5) is 0. The Bertz CT molecular complexity index is 1320. The maximum Gasteiger partial charge on any atom is 0.0493 e. The van der Waals surface area contributed by atoms with E-state index >= 15 is 0 Å². The fourth-order valence-electron chi connectivity index (χ4n) is 3.56. The van der Waals surface area contributed by atoms with Crippen molar-refractivity contribution in [3.05, 3.63) is 128 Å². The second-order valence-electron chi connectivity index (χ2n) is 6.73. The number of aromatic nitrogens is 3. The second kappa shape index (κ2) is 9.59. The van der Waals surface area contributed by atoms with Crippen LogP contribution < -0.4 is 0 Å². The first kappa shape index (κ1) is 20.8. The van der Waals surface area contributed by atoms with Crippen LogP contribution in [-0.2, 0) is 21.1 Å². The Balaban J connectivity index is 0.000000165. The van der Waals surface area contributed by atoms with Gasteiger partial charge in [0, 0.05) is 39.0 Å². The SMILES string of the molecule is [Pt].[c-]1ccccc1-n1c2[c-]cccc2c2ccccc21.[c-]1ccccc1-n1cccn1. The predicted octanol–water partition coefficient (Wildman–Crippen LogP) is 6.05. The molecular formula is C27H18N3Pt-3. The summed E-state index contributed by atoms with van der Waals surface area (Å²) in [7, 11) is 0. The fraction of sp³-hybridized carbons (Fsp3) is 0. The average Bonchev–Trinajstić information content (AvgIpc) is 3.48. The van der Waals surface area contributed by atoms with Crippen molar-refractivity contribution in [2.45, 2.75) is 0 Å². The van der Waals surface area contributed by atoms with Crippen molar-refractivity contribution in [2.75, 3.05) is 0 Å². The summed E-state index contributed by atoms with van der Waals surface area (Å²) in [6.07, 6.45) is 3.65. The Hall–Kier alpha value is -3.42. The third-order valence-corrected chi connectivity index (χ3v) is 4.87. The van der Waals surface area contributed by atoms with E-state index in [9.17, 15) is 0 Å². The first-order valence-electron chi connectivity index (χ1n) is 9.75. The van der Waals surface area contributed by atoms with E-state index in [0.29, 0.717) is 0 Å². The van der Waals surface area contributed by atoms with Gasteiger partial charge in [0.05, 0.1) is 0 Å². The van der Waals surface area contributed by atoms with Crippen molar-refractivity contribution in [3.63, 3.8) is 0 Å². The van der Waals surface area contributed by atoms with Crippen LogP contribution >= 0.6 is 0 Å². The van der Waals surface area contributed by atoms with Crippen LogP contribution in [0.2, 0.25) is 0 Å². The molecule has 0 unspecified atom stereocenters. The molecule has 0 aliphatic heterocycles. The average molecular weight is 580 g/mol. The van der Waals surface area contributed by atoms with Crippen molar-refractivity contribution in [1.29, 1.82) is 0 Å². The topological polar surface area (TPSA) is 22.8 Å². The zero-order chi connectivity index (χ0) is 20.2. The van der Waals surface area contributed by atoms with Gasteiger partial charge in [-0.05, 0) is 23.2 Å². The minimum Gasteiger partial charge on any atom is -0.358 e. The van der Waals surface area contributed by atoms with Crippen molar-refractivity contribution in [3.8, 4) is 11.4 Å². The number of rotatable bonds is 2. The molecule has 0 fully saturated rings. The summed E-state index contributed by atoms with van der Waals surface area (Å²) in [5, 5.41) is 6.56. The molecule has 0 aliphatic rings. The van der Waals surface area contributed by atoms with Gasteiger partial charge >= 0.3 is 0 Å². The van der Waals surface area contributed by atoms with E-state index in [1.807, 2.05) is 66.9 Å². The first-order chi connectivity index (χ1) is 14.9. The van der Waals surface area contributed by atoms with Crippen LogP contribution in [-0.4, -0.2) is 14.3 Å². The van der Waals surface area contributed by atoms with Crippen LogP contribution in [0, 0.1) is 18.2 Å². The van der Waals surface area contributed by atoms with E-state index in [0.717, 1.165) is 16.9 Å². The van der Waals surface area contributed by atoms with Crippen LogP contribution in [0.3, 0.4) is 0 Å². The summed E-state index contributed by atoms with van der Waals surface area (Å²) in [5.74, 6) is 0. The molecular weight excluding hydrogens is 561 g/mol. The Morgan fingerprint density at radius 2 is 1.29 bits per heavy atom. The Morgan fingerprint density at radius 3 is 2.00 bits per heavy atom. The molecule has 0 atom stereocenters. The van der Waals surface area contributed by atoms with Crippen LogP contribution in [0.25, 0.3) is 33.2 Å². The van der Waals surface area contributed by atoms with E-state index in [4.69, 9.17) is 0 Å². The molecule has 0 N–H and O–H groups in total. The molecule has 0 radical (unpaired) electrons. The standard InChI is InChI=1S/C18H11N.C9H7N2.Pt/c1-2-8-14(9-3-1)19-17-12-6-4-10-15(17)16-11-5-7-13-18(16)19;1-2-5-9(6-3-1)11-8-4-7-10-11;/h1-8,10-12H;1-5,7-8H;/q-2;-1;. The van der Waals surface area contributed by atoms with Gasteiger partial charge in [0.1, 0.15) is 0 Å². The van der Waals surface area contributed by atoms with Crippen molar-refractivity contribution in [1.82, 2.24) is 14.3 Å². The molecule has 0 bridgehead atoms. The van der Waals surface area contributed by atoms with E-state index in [2.05, 4.69) is 64.3 Å². The van der Waals surface area contributed by atoms with Gasteiger partial charge in [-0.2, -0.15) is 77.9 Å². The molecule has 0 amide bonds. The van der Waals surface area contributed by atoms with Gasteiger partial charge in [-0.3, -0.25) is 4.68 Å². The fourth-order valence-corrected chi connectivity index (χ4v) is 3.56. The third kappa shape index (κ3) is 4.23. The van der Waals surface area contributed by atoms with Crippen LogP contribution in [0.5, 0.6) is 0 Å². The molecule has 2 aromatic heterocycles. The summed E-state index contributed by atoms with van der Waals surface area (Å²) >= 11 is 0. The van der Waals surface area contributed by atoms with Crippen molar-refractivity contribution < 1.29 is 21.1 Å². The molecule has 6 rings (SSSR count). The summed E-state index contributed by atoms with van der Waals surface area (Å²) in [6.45, 7) is 0. The van der Waals surface area contributed by atoms with Crippen LogP contribution in [0.4, 0.5) is 0 Å². The van der Waals surface area contributed by atoms with Crippen molar-refractivity contribution >= 4 is 21.8 Å². The quantitative estimate of drug-likeness (QED) is 0.229. The molecule has 154 valence electrons. The molecule has 0 spiro atoms. The molecule has 3 nitrogen and oxygen atoms in total. The van der Waals surface area contributed by atoms with Crippen LogP contribution in [0.1, 0.15) is 0 Å². The number of para-hydroxylation sites is 4. The van der Waals surface area contributed by atoms with Gasteiger partial charge in [-0.25, -0.2) is 0 Å². The zero-order valence-corrected chi connectivity index (χ0v) is 18.8. The molecule has 31 heavy (non-hydrogen) atoms. The Morgan fingerprint density at radius 1 is 0.613 bits per heavy atom. The largest absolute Gasteiger partial charge is 0.358 e. The number of benzene rings is 4. The maximum atomic E-state index is 4.07. The maximum absolute atomic E-state index is 4.07. The van der Waals surface area contributed by atoms with E-state index in [1.165, 1.54) is 16.3 Å². The Labute approximate surface area is 195 Å². The molecule has 4 aromatic carbocycles. The van der Waals surface area contributed by atoms with E-state index in [-0.39, 0.29) is 21.1 Å². The first-order valence-corrected chi connectivity index (χ1v) is 9.75. The monoisotopic (exact) mass is 579 g/mol. The van der Waals surface area contributed by atoms with Crippen molar-refractivity contribution in [2.24, 2.45) is 0 Å². The molecule has 2 heterocycles. The molecule has 4 heteroatoms. The third-order valence-electron chi connectivity index (χ3n) is 4.87. The summed E-state index contributed by atoms with van der Waals surface area (Å²) in [6, 6.07) is 42.0. The van der Waals surface area contributed by atoms with Gasteiger partial charge in [-0.15, -0.1) is 17.5 Å². The van der Waals surface area contributed by atoms with Gasteiger partial charge in [-0.1, -0.05) is 29.4 Å². The van der Waals surface area contributed by atoms with E-state index < -0.39 is 0 Å². The minimum absolute atomic E-state index is 0. The predicted molar refractivity (Wildman–Crippen MR) is 121 cm³/mol. The number of hydrogen-bond donors (Lipinski definition) is 0. The number of fused-ring (bicyclic) bond motifs is 3. The number of nitrogens with zero attached hydrogens (tertiary/aromatic N) is 3. The van der Waals surface area contributed by atoms with E-state index in [1.54, 1.807) is 10.9 Å². The number of hydrogen-bond acceptors (Lipinski definition) is 1. The van der Waals surface area contributed by atoms with Crippen LogP contribution in [0.15, 0.2) is 109 Å². The van der Waals surface area contributed by atoms with Gasteiger partial charge in [0.2, 0.25) is 0 Å².